The van der Waals surface area contributed by atoms with Gasteiger partial charge < -0.3 is 26.0 Å². The zero-order chi connectivity index (χ0) is 25.3. The number of carboxylic acid groups (broad SMARTS) is 1. The quantitative estimate of drug-likeness (QED) is 0.450. The van der Waals surface area contributed by atoms with Crippen molar-refractivity contribution in [3.63, 3.8) is 0 Å². The van der Waals surface area contributed by atoms with E-state index in [-0.39, 0.29) is 30.1 Å². The number of hydrogen-bond acceptors (Lipinski definition) is 6. The van der Waals surface area contributed by atoms with Gasteiger partial charge in [0, 0.05) is 18.1 Å². The maximum absolute atomic E-state index is 13.3. The molecule has 0 saturated carbocycles. The van der Waals surface area contributed by atoms with Crippen molar-refractivity contribution < 1.29 is 24.3 Å². The van der Waals surface area contributed by atoms with E-state index in [1.807, 2.05) is 44.2 Å². The maximum atomic E-state index is 13.3. The fourth-order valence-electron chi connectivity index (χ4n) is 3.83. The van der Waals surface area contributed by atoms with Crippen LogP contribution in [0.25, 0.3) is 10.9 Å². The minimum atomic E-state index is -0.682. The average Bonchev–Trinajstić information content (AvgIpc) is 3.32. The first-order valence-electron chi connectivity index (χ1n) is 11.3. The Bertz CT molecular complexity index is 1010. The number of pyridine rings is 1. The Kier molecular flexibility index (Phi) is 9.93. The predicted octanol–water partition coefficient (Wildman–Crippen LogP) is 1.61. The average molecular weight is 472 g/mol. The van der Waals surface area contributed by atoms with Crippen LogP contribution in [0.15, 0.2) is 36.5 Å². The summed E-state index contributed by atoms with van der Waals surface area (Å²) >= 11 is 0. The van der Waals surface area contributed by atoms with Gasteiger partial charge in [-0.2, -0.15) is 0 Å². The summed E-state index contributed by atoms with van der Waals surface area (Å²) in [6.07, 6.45) is 3.04. The van der Waals surface area contributed by atoms with Crippen LogP contribution in [0, 0.1) is 5.92 Å². The van der Waals surface area contributed by atoms with Crippen molar-refractivity contribution in [3.8, 4) is 0 Å². The highest BCUT2D eigenvalue weighted by Crippen LogP contribution is 2.25. The van der Waals surface area contributed by atoms with Gasteiger partial charge in [-0.25, -0.2) is 0 Å². The lowest BCUT2D eigenvalue weighted by Crippen LogP contribution is -2.56. The summed E-state index contributed by atoms with van der Waals surface area (Å²) in [6, 6.07) is 7.63. The lowest BCUT2D eigenvalue weighted by Gasteiger charge is -2.31. The first-order valence-corrected chi connectivity index (χ1v) is 11.3. The van der Waals surface area contributed by atoms with E-state index in [1.54, 1.807) is 25.1 Å². The molecule has 10 heteroatoms. The van der Waals surface area contributed by atoms with E-state index in [9.17, 15) is 14.4 Å². The summed E-state index contributed by atoms with van der Waals surface area (Å²) in [7, 11) is 1.69. The van der Waals surface area contributed by atoms with Crippen molar-refractivity contribution in [2.75, 3.05) is 18.9 Å². The van der Waals surface area contributed by atoms with Crippen LogP contribution in [0.2, 0.25) is 0 Å². The van der Waals surface area contributed by atoms with E-state index in [0.29, 0.717) is 18.7 Å². The molecular formula is C24H33N5O5. The second-order valence-corrected chi connectivity index (χ2v) is 8.40. The van der Waals surface area contributed by atoms with Gasteiger partial charge in [0.1, 0.15) is 12.1 Å². The molecule has 2 heterocycles. The third-order valence-electron chi connectivity index (χ3n) is 5.80. The van der Waals surface area contributed by atoms with Crippen LogP contribution in [0.5, 0.6) is 0 Å². The zero-order valence-electron chi connectivity index (χ0n) is 19.9. The molecule has 1 aromatic heterocycles. The smallest absolute Gasteiger partial charge is 0.290 e. The molecule has 1 saturated heterocycles. The number of rotatable bonds is 7. The Morgan fingerprint density at radius 1 is 1.18 bits per heavy atom. The van der Waals surface area contributed by atoms with E-state index < -0.39 is 18.1 Å². The van der Waals surface area contributed by atoms with Crippen molar-refractivity contribution in [2.24, 2.45) is 5.92 Å². The highest BCUT2D eigenvalue weighted by molar-refractivity contribution is 6.04. The Balaban J connectivity index is 0.00000129. The summed E-state index contributed by atoms with van der Waals surface area (Å²) in [5.74, 6) is -0.782. The van der Waals surface area contributed by atoms with Crippen LogP contribution in [-0.2, 0) is 19.2 Å². The van der Waals surface area contributed by atoms with Crippen molar-refractivity contribution in [3.05, 3.63) is 36.5 Å². The van der Waals surface area contributed by atoms with E-state index in [2.05, 4.69) is 20.9 Å². The topological polar surface area (TPSA) is 141 Å². The third-order valence-corrected chi connectivity index (χ3v) is 5.80. The molecule has 1 fully saturated rings. The van der Waals surface area contributed by atoms with Crippen molar-refractivity contribution in [1.82, 2.24) is 20.5 Å². The van der Waals surface area contributed by atoms with Gasteiger partial charge in [-0.15, -0.1) is 0 Å². The standard InChI is InChI=1S/C23H31N5O3.CH2O2/c1-14(2)20(27-21(29)15(3)24-4)23(31)28-13-7-11-19(28)22(30)26-18-10-5-9-17-16(18)8-6-12-25-17;2-1-3/h5-6,8-10,12,14-15,19-20,24H,7,11,13H2,1-4H3,(H,26,30)(H,27,29);1H,(H,2,3)/t15-,19-,20-;/m0./s1. The molecule has 10 nitrogen and oxygen atoms in total. The van der Waals surface area contributed by atoms with Crippen LogP contribution >= 0.6 is 0 Å². The molecule has 4 N–H and O–H groups in total. The number of amides is 3. The number of nitrogens with one attached hydrogen (secondary N) is 3. The van der Waals surface area contributed by atoms with Crippen molar-refractivity contribution in [1.29, 1.82) is 0 Å². The Morgan fingerprint density at radius 2 is 1.88 bits per heavy atom. The van der Waals surface area contributed by atoms with E-state index in [4.69, 9.17) is 9.90 Å². The first-order chi connectivity index (χ1) is 16.2. The lowest BCUT2D eigenvalue weighted by molar-refractivity contribution is -0.141. The fraction of sp³-hybridized carbons (Fsp3) is 0.458. The van der Waals surface area contributed by atoms with Gasteiger partial charge in [0.15, 0.2) is 0 Å². The molecule has 0 unspecified atom stereocenters. The molecule has 0 radical (unpaired) electrons. The van der Waals surface area contributed by atoms with Crippen molar-refractivity contribution >= 4 is 40.8 Å². The van der Waals surface area contributed by atoms with Gasteiger partial charge in [0.2, 0.25) is 17.7 Å². The minimum Gasteiger partial charge on any atom is -0.483 e. The molecule has 3 rings (SSSR count). The molecule has 34 heavy (non-hydrogen) atoms. The van der Waals surface area contributed by atoms with Crippen LogP contribution in [0.4, 0.5) is 5.69 Å². The van der Waals surface area contributed by atoms with E-state index in [1.165, 1.54) is 0 Å². The molecule has 0 spiro atoms. The third kappa shape index (κ3) is 6.50. The number of hydrogen-bond donors (Lipinski definition) is 4. The van der Waals surface area contributed by atoms with Crippen LogP contribution < -0.4 is 16.0 Å². The Hall–Kier alpha value is -3.53. The number of aromatic nitrogens is 1. The largest absolute Gasteiger partial charge is 0.483 e. The number of anilines is 1. The molecule has 0 bridgehead atoms. The fourth-order valence-corrected chi connectivity index (χ4v) is 3.83. The van der Waals surface area contributed by atoms with Crippen LogP contribution in [0.1, 0.15) is 33.6 Å². The molecule has 184 valence electrons. The highest BCUT2D eigenvalue weighted by Gasteiger charge is 2.39. The summed E-state index contributed by atoms with van der Waals surface area (Å²) in [6.45, 7) is 5.76. The summed E-state index contributed by atoms with van der Waals surface area (Å²) < 4.78 is 0. The van der Waals surface area contributed by atoms with Gasteiger partial charge in [0.05, 0.1) is 17.2 Å². The van der Waals surface area contributed by atoms with Gasteiger partial charge in [-0.3, -0.25) is 24.2 Å². The minimum absolute atomic E-state index is 0.103. The van der Waals surface area contributed by atoms with E-state index in [0.717, 1.165) is 17.3 Å². The predicted molar refractivity (Wildman–Crippen MR) is 129 cm³/mol. The lowest BCUT2D eigenvalue weighted by atomic mass is 10.0. The van der Waals surface area contributed by atoms with Gasteiger partial charge in [-0.05, 0) is 57.0 Å². The first kappa shape index (κ1) is 26.7. The van der Waals surface area contributed by atoms with E-state index >= 15 is 0 Å². The maximum Gasteiger partial charge on any atom is 0.290 e. The van der Waals surface area contributed by atoms with Gasteiger partial charge in [0.25, 0.3) is 6.47 Å². The second-order valence-electron chi connectivity index (χ2n) is 8.40. The number of likely N-dealkylation sites (tertiary alicyclic amines) is 1. The van der Waals surface area contributed by atoms with Crippen LogP contribution in [-0.4, -0.2) is 70.9 Å². The van der Waals surface area contributed by atoms with Crippen LogP contribution in [0.3, 0.4) is 0 Å². The Labute approximate surface area is 199 Å². The molecule has 0 aliphatic carbocycles. The number of carbonyl (C=O) groups excluding carboxylic acids is 3. The summed E-state index contributed by atoms with van der Waals surface area (Å²) in [5, 5.41) is 16.4. The molecule has 1 aliphatic heterocycles. The molecule has 2 aromatic rings. The van der Waals surface area contributed by atoms with Gasteiger partial charge in [-0.1, -0.05) is 19.9 Å². The number of carbonyl (C=O) groups is 4. The number of nitrogens with zero attached hydrogens (tertiary/aromatic N) is 2. The zero-order valence-corrected chi connectivity index (χ0v) is 19.9. The SMILES string of the molecule is CN[C@@H](C)C(=O)N[C@H](C(=O)N1CCC[C@H]1C(=O)Nc1cccc2ncccc12)C(C)C.O=CO. The normalized spacial score (nSPS) is 16.9. The summed E-state index contributed by atoms with van der Waals surface area (Å²) in [4.78, 5) is 53.1. The molecule has 1 aliphatic rings. The van der Waals surface area contributed by atoms with Crippen molar-refractivity contribution in [2.45, 2.75) is 51.7 Å². The molecule has 1 aromatic carbocycles. The monoisotopic (exact) mass is 471 g/mol. The number of likely N-dealkylation sites (N-methyl/N-ethyl adjacent to an activating group) is 1. The number of fused-ring (bicyclic) bond motifs is 1. The Morgan fingerprint density at radius 3 is 2.53 bits per heavy atom. The second kappa shape index (κ2) is 12.6. The molecule has 3 amide bonds. The molecular weight excluding hydrogens is 438 g/mol. The summed E-state index contributed by atoms with van der Waals surface area (Å²) in [5.41, 5.74) is 1.47. The number of benzene rings is 1. The highest BCUT2D eigenvalue weighted by atomic mass is 16.3. The molecule has 3 atom stereocenters. The van der Waals surface area contributed by atoms with Gasteiger partial charge >= 0.3 is 0 Å².